The van der Waals surface area contributed by atoms with Gasteiger partial charge in [0.1, 0.15) is 0 Å². The van der Waals surface area contributed by atoms with Crippen molar-refractivity contribution in [3.63, 3.8) is 0 Å². The van der Waals surface area contributed by atoms with Crippen LogP contribution < -0.4 is 0 Å². The monoisotopic (exact) mass is 360 g/mol. The van der Waals surface area contributed by atoms with Gasteiger partial charge in [-0.25, -0.2) is 0 Å². The fraction of sp³-hybridized carbons (Fsp3) is 0.300. The largest absolute Gasteiger partial charge is 0.416 e. The molecule has 1 amide bonds. The summed E-state index contributed by atoms with van der Waals surface area (Å²) in [6.45, 7) is 5.17. The van der Waals surface area contributed by atoms with Crippen LogP contribution in [0.1, 0.15) is 40.9 Å². The highest BCUT2D eigenvalue weighted by Gasteiger charge is 2.32. The number of nitrogens with zero attached hydrogens (tertiary/aromatic N) is 2. The van der Waals surface area contributed by atoms with Crippen molar-refractivity contribution in [1.82, 2.24) is 4.90 Å². The van der Waals surface area contributed by atoms with Crippen molar-refractivity contribution >= 4 is 12.1 Å². The van der Waals surface area contributed by atoms with Gasteiger partial charge in [-0.1, -0.05) is 12.1 Å². The van der Waals surface area contributed by atoms with Crippen molar-refractivity contribution in [1.29, 1.82) is 0 Å². The molecule has 2 aromatic carbocycles. The second kappa shape index (κ2) is 6.94. The van der Waals surface area contributed by atoms with E-state index in [0.717, 1.165) is 12.1 Å². The quantitative estimate of drug-likeness (QED) is 0.772. The van der Waals surface area contributed by atoms with Crippen LogP contribution in [0.2, 0.25) is 0 Å². The molecular formula is C20H19F3N2O. The number of benzene rings is 2. The second-order valence-corrected chi connectivity index (χ2v) is 6.12. The molecule has 0 saturated carbocycles. The maximum absolute atomic E-state index is 13.3. The normalized spacial score (nSPS) is 13.0. The number of halogens is 3. The summed E-state index contributed by atoms with van der Waals surface area (Å²) in [5.41, 5.74) is 2.04. The molecule has 3 nitrogen and oxygen atoms in total. The lowest BCUT2D eigenvalue weighted by atomic mass is 9.93. The van der Waals surface area contributed by atoms with Crippen molar-refractivity contribution in [2.24, 2.45) is 4.99 Å². The minimum atomic E-state index is -4.43. The van der Waals surface area contributed by atoms with Crippen molar-refractivity contribution in [2.75, 3.05) is 13.1 Å². The topological polar surface area (TPSA) is 32.7 Å². The summed E-state index contributed by atoms with van der Waals surface area (Å²) < 4.78 is 39.8. The number of carbonyl (C=O) groups excluding carboxylic acids is 1. The zero-order valence-electron chi connectivity index (χ0n) is 14.6. The summed E-state index contributed by atoms with van der Waals surface area (Å²) in [5, 5.41) is 0. The lowest BCUT2D eigenvalue weighted by Gasteiger charge is -2.19. The molecule has 0 radical (unpaired) electrons. The van der Waals surface area contributed by atoms with E-state index in [4.69, 9.17) is 0 Å². The van der Waals surface area contributed by atoms with E-state index in [9.17, 15) is 18.0 Å². The first kappa shape index (κ1) is 18.2. The van der Waals surface area contributed by atoms with Crippen LogP contribution in [0.25, 0.3) is 11.1 Å². The molecule has 0 spiro atoms. The molecule has 2 aromatic rings. The standard InChI is InChI=1S/C20H19F3N2O/c1-3-25(4-2)19(26)14-7-5-6-13(8-14)17-10-16(20(21,22)23)9-15-11-24-12-18(15)17/h5-10,12H,3-4,11H2,1-2H3. The lowest BCUT2D eigenvalue weighted by Crippen LogP contribution is -2.30. The molecule has 0 atom stereocenters. The first-order valence-electron chi connectivity index (χ1n) is 8.48. The van der Waals surface area contributed by atoms with Crippen LogP contribution >= 0.6 is 0 Å². The highest BCUT2D eigenvalue weighted by atomic mass is 19.4. The van der Waals surface area contributed by atoms with Crippen LogP contribution in [-0.2, 0) is 12.7 Å². The summed E-state index contributed by atoms with van der Waals surface area (Å²) in [7, 11) is 0. The molecule has 1 aliphatic heterocycles. The minimum absolute atomic E-state index is 0.130. The number of hydrogen-bond acceptors (Lipinski definition) is 2. The Bertz CT molecular complexity index is 868. The Labute approximate surface area is 150 Å². The lowest BCUT2D eigenvalue weighted by molar-refractivity contribution is -0.137. The van der Waals surface area contributed by atoms with Gasteiger partial charge in [0.05, 0.1) is 12.1 Å². The molecule has 1 heterocycles. The molecule has 26 heavy (non-hydrogen) atoms. The van der Waals surface area contributed by atoms with Crippen LogP contribution in [0.4, 0.5) is 13.2 Å². The predicted octanol–water partition coefficient (Wildman–Crippen LogP) is 4.79. The van der Waals surface area contributed by atoms with Crippen LogP contribution in [-0.4, -0.2) is 30.1 Å². The first-order chi connectivity index (χ1) is 12.3. The zero-order chi connectivity index (χ0) is 18.9. The average Bonchev–Trinajstić information content (AvgIpc) is 3.10. The Kier molecular flexibility index (Phi) is 4.85. The van der Waals surface area contributed by atoms with Gasteiger partial charge in [0.25, 0.3) is 5.91 Å². The van der Waals surface area contributed by atoms with E-state index in [-0.39, 0.29) is 12.5 Å². The Balaban J connectivity index is 2.10. The number of rotatable bonds is 4. The number of alkyl halides is 3. The smallest absolute Gasteiger partial charge is 0.339 e. The van der Waals surface area contributed by atoms with Crippen molar-refractivity contribution < 1.29 is 18.0 Å². The van der Waals surface area contributed by atoms with Gasteiger partial charge in [0, 0.05) is 30.4 Å². The molecule has 3 rings (SSSR count). The van der Waals surface area contributed by atoms with Gasteiger partial charge in [-0.3, -0.25) is 9.79 Å². The Morgan fingerprint density at radius 1 is 1.15 bits per heavy atom. The molecule has 6 heteroatoms. The third-order valence-corrected chi connectivity index (χ3v) is 4.55. The molecule has 0 N–H and O–H groups in total. The van der Waals surface area contributed by atoms with Gasteiger partial charge in [0.15, 0.2) is 0 Å². The van der Waals surface area contributed by atoms with Crippen LogP contribution in [0.3, 0.4) is 0 Å². The van der Waals surface area contributed by atoms with Gasteiger partial charge in [-0.2, -0.15) is 13.2 Å². The van der Waals surface area contributed by atoms with E-state index >= 15 is 0 Å². The van der Waals surface area contributed by atoms with Crippen molar-refractivity contribution in [3.8, 4) is 11.1 Å². The zero-order valence-corrected chi connectivity index (χ0v) is 14.6. The van der Waals surface area contributed by atoms with Gasteiger partial charge >= 0.3 is 6.18 Å². The summed E-state index contributed by atoms with van der Waals surface area (Å²) in [6.07, 6.45) is -2.83. The Morgan fingerprint density at radius 3 is 2.54 bits per heavy atom. The first-order valence-corrected chi connectivity index (χ1v) is 8.48. The second-order valence-electron chi connectivity index (χ2n) is 6.12. The van der Waals surface area contributed by atoms with Gasteiger partial charge in [-0.15, -0.1) is 0 Å². The van der Waals surface area contributed by atoms with Crippen LogP contribution in [0, 0.1) is 0 Å². The van der Waals surface area contributed by atoms with Gasteiger partial charge in [0.2, 0.25) is 0 Å². The van der Waals surface area contributed by atoms with Gasteiger partial charge in [-0.05, 0) is 54.8 Å². The number of carbonyl (C=O) groups is 1. The maximum Gasteiger partial charge on any atom is 0.416 e. The average molecular weight is 360 g/mol. The third kappa shape index (κ3) is 3.36. The fourth-order valence-corrected chi connectivity index (χ4v) is 3.15. The molecular weight excluding hydrogens is 341 g/mol. The van der Waals surface area contributed by atoms with Crippen molar-refractivity contribution in [3.05, 3.63) is 58.7 Å². The molecule has 0 aliphatic carbocycles. The summed E-state index contributed by atoms with van der Waals surface area (Å²) in [6, 6.07) is 9.05. The summed E-state index contributed by atoms with van der Waals surface area (Å²) in [5.74, 6) is -0.130. The number of fused-ring (bicyclic) bond motifs is 1. The molecule has 136 valence electrons. The highest BCUT2D eigenvalue weighted by molar-refractivity contribution is 5.98. The molecule has 0 unspecified atom stereocenters. The highest BCUT2D eigenvalue weighted by Crippen LogP contribution is 2.37. The molecule has 0 aromatic heterocycles. The van der Waals surface area contributed by atoms with E-state index in [2.05, 4.69) is 4.99 Å². The molecule has 1 aliphatic rings. The Morgan fingerprint density at radius 2 is 1.88 bits per heavy atom. The third-order valence-electron chi connectivity index (χ3n) is 4.55. The number of aliphatic imine (C=N–C) groups is 1. The van der Waals surface area contributed by atoms with Gasteiger partial charge < -0.3 is 4.90 Å². The van der Waals surface area contributed by atoms with E-state index in [0.29, 0.717) is 40.9 Å². The molecule has 0 fully saturated rings. The van der Waals surface area contributed by atoms with E-state index in [1.54, 1.807) is 35.4 Å². The van der Waals surface area contributed by atoms with E-state index in [1.165, 1.54) is 0 Å². The van der Waals surface area contributed by atoms with E-state index in [1.807, 2.05) is 13.8 Å². The number of hydrogen-bond donors (Lipinski definition) is 0. The van der Waals surface area contributed by atoms with E-state index < -0.39 is 11.7 Å². The number of amides is 1. The summed E-state index contributed by atoms with van der Waals surface area (Å²) in [4.78, 5) is 18.4. The molecule has 0 bridgehead atoms. The Hall–Kier alpha value is -2.63. The maximum atomic E-state index is 13.3. The molecule has 0 saturated heterocycles. The predicted molar refractivity (Wildman–Crippen MR) is 95.4 cm³/mol. The SMILES string of the molecule is CCN(CC)C(=O)c1cccc(-c2cc(C(F)(F)F)cc3c2C=NC3)c1. The van der Waals surface area contributed by atoms with Crippen LogP contribution in [0.15, 0.2) is 41.4 Å². The van der Waals surface area contributed by atoms with Crippen molar-refractivity contribution in [2.45, 2.75) is 26.6 Å². The fourth-order valence-electron chi connectivity index (χ4n) is 3.15. The van der Waals surface area contributed by atoms with Crippen LogP contribution in [0.5, 0.6) is 0 Å². The minimum Gasteiger partial charge on any atom is -0.339 e. The summed E-state index contributed by atoms with van der Waals surface area (Å²) >= 11 is 0.